The number of hydrogen-bond donors (Lipinski definition) is 3. The number of rotatable bonds is 2. The molecule has 1 fully saturated rings. The molecule has 0 amide bonds. The highest BCUT2D eigenvalue weighted by molar-refractivity contribution is 9.10. The first-order chi connectivity index (χ1) is 7.99. The Hall–Kier alpha value is -1.14. The quantitative estimate of drug-likeness (QED) is 0.782. The van der Waals surface area contributed by atoms with Crippen LogP contribution >= 0.6 is 15.9 Å². The highest BCUT2D eigenvalue weighted by atomic mass is 79.9. The Labute approximate surface area is 106 Å². The number of phenols is 1. The van der Waals surface area contributed by atoms with Crippen LogP contribution in [-0.2, 0) is 4.79 Å². The number of carboxylic acids is 1. The summed E-state index contributed by atoms with van der Waals surface area (Å²) in [6.07, 6.45) is 0.390. The van der Waals surface area contributed by atoms with E-state index < -0.39 is 17.7 Å². The molecule has 0 aromatic heterocycles. The molecule has 2 atom stereocenters. The van der Waals surface area contributed by atoms with Crippen LogP contribution in [0.3, 0.4) is 0 Å². The molecule has 17 heavy (non-hydrogen) atoms. The topological polar surface area (TPSA) is 69.6 Å². The molecule has 6 heteroatoms. The zero-order valence-corrected chi connectivity index (χ0v) is 10.4. The smallest absolute Gasteiger partial charge is 0.307 e. The standard InChI is InChI=1S/C11H11BrFNO3/c12-7-2-6(10(15)3-8(7)13)9-1-5(4-14-9)11(16)17/h2-3,5,9,14-15H,1,4H2,(H,16,17). The fraction of sp³-hybridized carbons (Fsp3) is 0.364. The maximum absolute atomic E-state index is 13.1. The first-order valence-corrected chi connectivity index (χ1v) is 5.92. The van der Waals surface area contributed by atoms with Gasteiger partial charge < -0.3 is 15.5 Å². The number of benzene rings is 1. The molecule has 4 nitrogen and oxygen atoms in total. The third-order valence-electron chi connectivity index (χ3n) is 2.93. The summed E-state index contributed by atoms with van der Waals surface area (Å²) in [7, 11) is 0. The van der Waals surface area contributed by atoms with E-state index in [4.69, 9.17) is 5.11 Å². The summed E-state index contributed by atoms with van der Waals surface area (Å²) in [5, 5.41) is 21.5. The molecular formula is C11H11BrFNO3. The van der Waals surface area contributed by atoms with E-state index in [0.717, 1.165) is 6.07 Å². The summed E-state index contributed by atoms with van der Waals surface area (Å²) < 4.78 is 13.4. The summed E-state index contributed by atoms with van der Waals surface area (Å²) in [6, 6.07) is 2.25. The molecule has 0 spiro atoms. The van der Waals surface area contributed by atoms with Crippen molar-refractivity contribution in [1.82, 2.24) is 5.32 Å². The van der Waals surface area contributed by atoms with Crippen LogP contribution in [0.25, 0.3) is 0 Å². The number of hydrogen-bond acceptors (Lipinski definition) is 3. The van der Waals surface area contributed by atoms with Crippen molar-refractivity contribution in [3.05, 3.63) is 28.0 Å². The van der Waals surface area contributed by atoms with E-state index in [0.29, 0.717) is 18.5 Å². The van der Waals surface area contributed by atoms with E-state index in [9.17, 15) is 14.3 Å². The Kier molecular flexibility index (Phi) is 3.35. The van der Waals surface area contributed by atoms with Crippen LogP contribution in [0, 0.1) is 11.7 Å². The van der Waals surface area contributed by atoms with Crippen molar-refractivity contribution in [3.63, 3.8) is 0 Å². The molecule has 0 saturated carbocycles. The Bertz CT molecular complexity index is 466. The fourth-order valence-corrected chi connectivity index (χ4v) is 2.35. The summed E-state index contributed by atoms with van der Waals surface area (Å²) in [5.41, 5.74) is 0.516. The second-order valence-electron chi connectivity index (χ2n) is 4.06. The van der Waals surface area contributed by atoms with E-state index in [1.54, 1.807) is 0 Å². The van der Waals surface area contributed by atoms with Crippen LogP contribution in [0.1, 0.15) is 18.0 Å². The van der Waals surface area contributed by atoms with Gasteiger partial charge in [-0.15, -0.1) is 0 Å². The number of carbonyl (C=O) groups is 1. The predicted octanol–water partition coefficient (Wildman–Crippen LogP) is 2.03. The summed E-state index contributed by atoms with van der Waals surface area (Å²) in [4.78, 5) is 10.8. The number of halogens is 2. The zero-order chi connectivity index (χ0) is 12.6. The Morgan fingerprint density at radius 3 is 2.82 bits per heavy atom. The lowest BCUT2D eigenvalue weighted by Gasteiger charge is -2.13. The van der Waals surface area contributed by atoms with Gasteiger partial charge in [-0.3, -0.25) is 4.79 Å². The lowest BCUT2D eigenvalue weighted by molar-refractivity contribution is -0.141. The maximum Gasteiger partial charge on any atom is 0.307 e. The average Bonchev–Trinajstić information content (AvgIpc) is 2.72. The van der Waals surface area contributed by atoms with Crippen molar-refractivity contribution >= 4 is 21.9 Å². The molecule has 0 radical (unpaired) electrons. The van der Waals surface area contributed by atoms with Crippen molar-refractivity contribution in [1.29, 1.82) is 0 Å². The maximum atomic E-state index is 13.1. The molecule has 2 unspecified atom stereocenters. The summed E-state index contributed by atoms with van der Waals surface area (Å²) >= 11 is 3.04. The third kappa shape index (κ3) is 2.42. The molecule has 0 bridgehead atoms. The van der Waals surface area contributed by atoms with Gasteiger partial charge in [-0.25, -0.2) is 4.39 Å². The monoisotopic (exact) mass is 303 g/mol. The number of phenolic OH excluding ortho intramolecular Hbond substituents is 1. The SMILES string of the molecule is O=C(O)C1CNC(c2cc(Br)c(F)cc2O)C1. The van der Waals surface area contributed by atoms with E-state index in [-0.39, 0.29) is 16.3 Å². The Morgan fingerprint density at radius 2 is 2.24 bits per heavy atom. The van der Waals surface area contributed by atoms with Gasteiger partial charge in [0.15, 0.2) is 0 Å². The third-order valence-corrected chi connectivity index (χ3v) is 3.53. The Balaban J connectivity index is 2.24. The van der Waals surface area contributed by atoms with Crippen LogP contribution in [-0.4, -0.2) is 22.7 Å². The number of carboxylic acid groups (broad SMARTS) is 1. The van der Waals surface area contributed by atoms with Gasteiger partial charge in [0.1, 0.15) is 11.6 Å². The number of aliphatic carboxylic acids is 1. The molecule has 2 rings (SSSR count). The Morgan fingerprint density at radius 1 is 1.53 bits per heavy atom. The van der Waals surface area contributed by atoms with E-state index in [1.807, 2.05) is 0 Å². The molecule has 3 N–H and O–H groups in total. The van der Waals surface area contributed by atoms with Crippen molar-refractivity contribution in [3.8, 4) is 5.75 Å². The van der Waals surface area contributed by atoms with E-state index >= 15 is 0 Å². The molecule has 1 aliphatic heterocycles. The predicted molar refractivity (Wildman–Crippen MR) is 62.3 cm³/mol. The molecule has 0 aliphatic carbocycles. The van der Waals surface area contributed by atoms with Gasteiger partial charge in [-0.05, 0) is 28.4 Å². The van der Waals surface area contributed by atoms with Crippen LogP contribution < -0.4 is 5.32 Å². The minimum absolute atomic E-state index is 0.158. The van der Waals surface area contributed by atoms with Gasteiger partial charge in [0.2, 0.25) is 0 Å². The highest BCUT2D eigenvalue weighted by Crippen LogP contribution is 2.35. The van der Waals surface area contributed by atoms with Crippen molar-refractivity contribution in [2.24, 2.45) is 5.92 Å². The lowest BCUT2D eigenvalue weighted by Crippen LogP contribution is -2.17. The molecule has 1 heterocycles. The summed E-state index contributed by atoms with van der Waals surface area (Å²) in [5.74, 6) is -2.03. The molecule has 92 valence electrons. The molecular weight excluding hydrogens is 293 g/mol. The highest BCUT2D eigenvalue weighted by Gasteiger charge is 2.31. The van der Waals surface area contributed by atoms with Crippen molar-refractivity contribution in [2.45, 2.75) is 12.5 Å². The van der Waals surface area contributed by atoms with Gasteiger partial charge in [0, 0.05) is 24.2 Å². The minimum atomic E-state index is -0.860. The average molecular weight is 304 g/mol. The minimum Gasteiger partial charge on any atom is -0.508 e. The van der Waals surface area contributed by atoms with Gasteiger partial charge in [-0.2, -0.15) is 0 Å². The van der Waals surface area contributed by atoms with Crippen LogP contribution in [0.15, 0.2) is 16.6 Å². The lowest BCUT2D eigenvalue weighted by atomic mass is 9.99. The first kappa shape index (κ1) is 12.3. The summed E-state index contributed by atoms with van der Waals surface area (Å²) in [6.45, 7) is 0.356. The first-order valence-electron chi connectivity index (χ1n) is 5.13. The van der Waals surface area contributed by atoms with Gasteiger partial charge in [0.25, 0.3) is 0 Å². The van der Waals surface area contributed by atoms with Crippen LogP contribution in [0.2, 0.25) is 0 Å². The van der Waals surface area contributed by atoms with Crippen molar-refractivity contribution < 1.29 is 19.4 Å². The van der Waals surface area contributed by atoms with Crippen LogP contribution in [0.5, 0.6) is 5.75 Å². The van der Waals surface area contributed by atoms with E-state index in [1.165, 1.54) is 6.07 Å². The number of nitrogens with one attached hydrogen (secondary N) is 1. The fourth-order valence-electron chi connectivity index (χ4n) is 1.99. The normalized spacial score (nSPS) is 23.9. The van der Waals surface area contributed by atoms with Gasteiger partial charge in [-0.1, -0.05) is 0 Å². The molecule has 1 saturated heterocycles. The molecule has 1 aromatic carbocycles. The van der Waals surface area contributed by atoms with Crippen molar-refractivity contribution in [2.75, 3.05) is 6.54 Å². The zero-order valence-electron chi connectivity index (χ0n) is 8.78. The van der Waals surface area contributed by atoms with E-state index in [2.05, 4.69) is 21.2 Å². The van der Waals surface area contributed by atoms with Gasteiger partial charge >= 0.3 is 5.97 Å². The van der Waals surface area contributed by atoms with Gasteiger partial charge in [0.05, 0.1) is 10.4 Å². The molecule has 1 aromatic rings. The number of aromatic hydroxyl groups is 1. The van der Waals surface area contributed by atoms with Crippen LogP contribution in [0.4, 0.5) is 4.39 Å². The molecule has 1 aliphatic rings. The second-order valence-corrected chi connectivity index (χ2v) is 4.91. The largest absolute Gasteiger partial charge is 0.508 e. The second kappa shape index (κ2) is 4.62.